The van der Waals surface area contributed by atoms with Crippen molar-refractivity contribution in [1.29, 1.82) is 0 Å². The van der Waals surface area contributed by atoms with Crippen molar-refractivity contribution in [2.45, 2.75) is 39.2 Å². The first-order chi connectivity index (χ1) is 10.9. The van der Waals surface area contributed by atoms with Gasteiger partial charge in [0.15, 0.2) is 5.78 Å². The molecule has 0 spiro atoms. The smallest absolute Gasteiger partial charge is 0.326 e. The number of carboxylic acid groups (broad SMARTS) is 1. The minimum atomic E-state index is -1.06. The average Bonchev–Trinajstić information content (AvgIpc) is 2.56. The SMILES string of the molecule is CC[C@H](C)[C@H](NC(=O)CCC(=O)c1ccc(OC)cc1)C(=O)O. The molecule has 126 valence electrons. The number of nitrogens with one attached hydrogen (secondary N) is 1. The first-order valence-electron chi connectivity index (χ1n) is 7.58. The molecule has 2 N–H and O–H groups in total. The summed E-state index contributed by atoms with van der Waals surface area (Å²) in [7, 11) is 1.54. The number of benzene rings is 1. The van der Waals surface area contributed by atoms with Crippen LogP contribution in [-0.2, 0) is 9.59 Å². The predicted octanol–water partition coefficient (Wildman–Crippen LogP) is 2.27. The molecule has 0 aromatic heterocycles. The Bertz CT molecular complexity index is 553. The lowest BCUT2D eigenvalue weighted by atomic mass is 9.99. The fraction of sp³-hybridized carbons (Fsp3) is 0.471. The zero-order valence-corrected chi connectivity index (χ0v) is 13.7. The predicted molar refractivity (Wildman–Crippen MR) is 85.6 cm³/mol. The van der Waals surface area contributed by atoms with E-state index in [1.54, 1.807) is 31.2 Å². The largest absolute Gasteiger partial charge is 0.497 e. The Morgan fingerprint density at radius 1 is 1.17 bits per heavy atom. The van der Waals surface area contributed by atoms with E-state index < -0.39 is 17.9 Å². The molecule has 6 nitrogen and oxygen atoms in total. The molecule has 0 unspecified atom stereocenters. The van der Waals surface area contributed by atoms with Gasteiger partial charge in [-0.3, -0.25) is 9.59 Å². The summed E-state index contributed by atoms with van der Waals surface area (Å²) in [5, 5.41) is 11.6. The minimum absolute atomic E-state index is 0.0327. The van der Waals surface area contributed by atoms with Crippen LogP contribution in [0.3, 0.4) is 0 Å². The fourth-order valence-electron chi connectivity index (χ4n) is 2.08. The Hall–Kier alpha value is -2.37. The maximum atomic E-state index is 12.0. The number of carboxylic acids is 1. The van der Waals surface area contributed by atoms with Gasteiger partial charge in [0.1, 0.15) is 11.8 Å². The molecule has 0 saturated carbocycles. The lowest BCUT2D eigenvalue weighted by Gasteiger charge is -2.20. The van der Waals surface area contributed by atoms with Gasteiger partial charge >= 0.3 is 5.97 Å². The van der Waals surface area contributed by atoms with Gasteiger partial charge in [-0.15, -0.1) is 0 Å². The third kappa shape index (κ3) is 5.73. The maximum absolute atomic E-state index is 12.0. The van der Waals surface area contributed by atoms with Crippen LogP contribution in [0.4, 0.5) is 0 Å². The standard InChI is InChI=1S/C17H23NO5/c1-4-11(2)16(17(21)22)18-15(20)10-9-14(19)12-5-7-13(23-3)8-6-12/h5-8,11,16H,4,9-10H2,1-3H3,(H,18,20)(H,21,22)/t11-,16-/m0/s1. The molecule has 0 radical (unpaired) electrons. The van der Waals surface area contributed by atoms with Crippen molar-refractivity contribution >= 4 is 17.7 Å². The summed E-state index contributed by atoms with van der Waals surface area (Å²) in [4.78, 5) is 35.1. The van der Waals surface area contributed by atoms with Gasteiger partial charge in [0.2, 0.25) is 5.91 Å². The van der Waals surface area contributed by atoms with Crippen molar-refractivity contribution in [2.24, 2.45) is 5.92 Å². The van der Waals surface area contributed by atoms with Gasteiger partial charge in [0.05, 0.1) is 7.11 Å². The number of hydrogen-bond donors (Lipinski definition) is 2. The second-order valence-corrected chi connectivity index (χ2v) is 5.42. The zero-order chi connectivity index (χ0) is 17.4. The molecule has 0 saturated heterocycles. The van der Waals surface area contributed by atoms with Crippen LogP contribution in [0.2, 0.25) is 0 Å². The van der Waals surface area contributed by atoms with Crippen LogP contribution in [0.25, 0.3) is 0 Å². The molecule has 0 bridgehead atoms. The molecule has 2 atom stereocenters. The molecule has 0 heterocycles. The summed E-state index contributed by atoms with van der Waals surface area (Å²) in [6.45, 7) is 3.63. The highest BCUT2D eigenvalue weighted by molar-refractivity contribution is 5.98. The second kappa shape index (κ2) is 8.92. The van der Waals surface area contributed by atoms with Crippen LogP contribution in [0.1, 0.15) is 43.5 Å². The highest BCUT2D eigenvalue weighted by atomic mass is 16.5. The van der Waals surface area contributed by atoms with E-state index in [9.17, 15) is 14.4 Å². The summed E-state index contributed by atoms with van der Waals surface area (Å²) in [6, 6.07) is 5.70. The number of methoxy groups -OCH3 is 1. The number of carbonyl (C=O) groups excluding carboxylic acids is 2. The first-order valence-corrected chi connectivity index (χ1v) is 7.58. The van der Waals surface area contributed by atoms with Gasteiger partial charge < -0.3 is 15.2 Å². The van der Waals surface area contributed by atoms with Crippen LogP contribution >= 0.6 is 0 Å². The zero-order valence-electron chi connectivity index (χ0n) is 13.7. The Labute approximate surface area is 135 Å². The first kappa shape index (κ1) is 18.7. The van der Waals surface area contributed by atoms with Gasteiger partial charge in [-0.05, 0) is 30.2 Å². The van der Waals surface area contributed by atoms with Crippen molar-refractivity contribution in [3.63, 3.8) is 0 Å². The van der Waals surface area contributed by atoms with E-state index in [0.717, 1.165) is 0 Å². The van der Waals surface area contributed by atoms with E-state index in [4.69, 9.17) is 9.84 Å². The molecule has 0 aliphatic carbocycles. The van der Waals surface area contributed by atoms with E-state index in [0.29, 0.717) is 17.7 Å². The third-order valence-electron chi connectivity index (χ3n) is 3.79. The van der Waals surface area contributed by atoms with E-state index in [1.807, 2.05) is 6.92 Å². The third-order valence-corrected chi connectivity index (χ3v) is 3.79. The lowest BCUT2D eigenvalue weighted by Crippen LogP contribution is -2.45. The molecule has 1 aromatic carbocycles. The van der Waals surface area contributed by atoms with E-state index >= 15 is 0 Å². The molecule has 23 heavy (non-hydrogen) atoms. The molecule has 1 rings (SSSR count). The van der Waals surface area contributed by atoms with Crippen molar-refractivity contribution < 1.29 is 24.2 Å². The number of ketones is 1. The Morgan fingerprint density at radius 2 is 1.78 bits per heavy atom. The van der Waals surface area contributed by atoms with Crippen molar-refractivity contribution in [1.82, 2.24) is 5.32 Å². The van der Waals surface area contributed by atoms with Crippen LogP contribution in [0.5, 0.6) is 5.75 Å². The number of Topliss-reactive ketones (excluding diaryl/α,β-unsaturated/α-hetero) is 1. The summed E-state index contributed by atoms with van der Waals surface area (Å²) in [5.41, 5.74) is 0.496. The molecule has 1 amide bonds. The number of aliphatic carboxylic acids is 1. The molecular weight excluding hydrogens is 298 g/mol. The highest BCUT2D eigenvalue weighted by Crippen LogP contribution is 2.14. The molecule has 0 aliphatic rings. The van der Waals surface area contributed by atoms with Gasteiger partial charge in [-0.25, -0.2) is 4.79 Å². The summed E-state index contributed by atoms with van der Waals surface area (Å²) >= 11 is 0. The molecular formula is C17H23NO5. The molecule has 1 aromatic rings. The quantitative estimate of drug-likeness (QED) is 0.681. The normalized spacial score (nSPS) is 13.0. The lowest BCUT2D eigenvalue weighted by molar-refractivity contribution is -0.143. The van der Waals surface area contributed by atoms with Gasteiger partial charge in [0.25, 0.3) is 0 Å². The number of carbonyl (C=O) groups is 3. The van der Waals surface area contributed by atoms with Crippen molar-refractivity contribution in [3.05, 3.63) is 29.8 Å². The van der Waals surface area contributed by atoms with Gasteiger partial charge in [0, 0.05) is 18.4 Å². The molecule has 0 fully saturated rings. The number of rotatable bonds is 9. The number of ether oxygens (including phenoxy) is 1. The Morgan fingerprint density at radius 3 is 2.26 bits per heavy atom. The maximum Gasteiger partial charge on any atom is 0.326 e. The number of amides is 1. The van der Waals surface area contributed by atoms with E-state index in [-0.39, 0.29) is 24.5 Å². The summed E-state index contributed by atoms with van der Waals surface area (Å²) in [5.74, 6) is -1.18. The fourth-order valence-corrected chi connectivity index (χ4v) is 2.08. The van der Waals surface area contributed by atoms with Gasteiger partial charge in [-0.1, -0.05) is 20.3 Å². The molecule has 0 aliphatic heterocycles. The minimum Gasteiger partial charge on any atom is -0.497 e. The highest BCUT2D eigenvalue weighted by Gasteiger charge is 2.25. The van der Waals surface area contributed by atoms with E-state index in [1.165, 1.54) is 7.11 Å². The van der Waals surface area contributed by atoms with Crippen molar-refractivity contribution in [2.75, 3.05) is 7.11 Å². The second-order valence-electron chi connectivity index (χ2n) is 5.42. The summed E-state index contributed by atoms with van der Waals surface area (Å²) in [6.07, 6.45) is 0.637. The monoisotopic (exact) mass is 321 g/mol. The van der Waals surface area contributed by atoms with E-state index in [2.05, 4.69) is 5.32 Å². The average molecular weight is 321 g/mol. The number of hydrogen-bond acceptors (Lipinski definition) is 4. The van der Waals surface area contributed by atoms with Crippen LogP contribution in [-0.4, -0.2) is 35.9 Å². The summed E-state index contributed by atoms with van der Waals surface area (Å²) < 4.78 is 5.02. The van der Waals surface area contributed by atoms with Crippen LogP contribution < -0.4 is 10.1 Å². The Kier molecular flexibility index (Phi) is 7.25. The molecule has 6 heteroatoms. The van der Waals surface area contributed by atoms with Crippen LogP contribution in [0, 0.1) is 5.92 Å². The van der Waals surface area contributed by atoms with Gasteiger partial charge in [-0.2, -0.15) is 0 Å². The van der Waals surface area contributed by atoms with Crippen LogP contribution in [0.15, 0.2) is 24.3 Å². The topological polar surface area (TPSA) is 92.7 Å². The van der Waals surface area contributed by atoms with Crippen molar-refractivity contribution in [3.8, 4) is 5.75 Å². The Balaban J connectivity index is 2.54.